The molecule has 2 aromatic carbocycles. The van der Waals surface area contributed by atoms with Gasteiger partial charge >= 0.3 is 0 Å². The number of rotatable bonds is 3. The lowest BCUT2D eigenvalue weighted by molar-refractivity contribution is 0.623. The third-order valence-electron chi connectivity index (χ3n) is 8.07. The van der Waals surface area contributed by atoms with Crippen molar-refractivity contribution < 1.29 is 0 Å². The van der Waals surface area contributed by atoms with E-state index in [4.69, 9.17) is 0 Å². The predicted molar refractivity (Wildman–Crippen MR) is 134 cm³/mol. The molecule has 30 heavy (non-hydrogen) atoms. The first kappa shape index (κ1) is 19.0. The highest BCUT2D eigenvalue weighted by atomic mass is 31.1. The van der Waals surface area contributed by atoms with Gasteiger partial charge in [0.1, 0.15) is 0 Å². The Bertz CT molecular complexity index is 1090. The third kappa shape index (κ3) is 2.36. The van der Waals surface area contributed by atoms with Crippen LogP contribution in [-0.2, 0) is 0 Å². The van der Waals surface area contributed by atoms with Crippen molar-refractivity contribution in [2.24, 2.45) is 10.8 Å². The highest BCUT2D eigenvalue weighted by molar-refractivity contribution is 7.72. The van der Waals surface area contributed by atoms with E-state index in [1.807, 2.05) is 0 Å². The van der Waals surface area contributed by atoms with Crippen LogP contribution < -0.4 is 0 Å². The zero-order valence-electron chi connectivity index (χ0n) is 18.2. The molecule has 4 atom stereocenters. The Morgan fingerprint density at radius 2 is 0.967 bits per heavy atom. The van der Waals surface area contributed by atoms with Crippen molar-refractivity contribution in [3.05, 3.63) is 105 Å². The Hall–Kier alpha value is -1.74. The number of benzene rings is 2. The minimum Gasteiger partial charge on any atom is -0.0622 e. The normalized spacial score (nSPS) is 34.1. The van der Waals surface area contributed by atoms with Crippen LogP contribution in [0.4, 0.5) is 0 Å². The summed E-state index contributed by atoms with van der Waals surface area (Å²) in [5.41, 5.74) is 9.78. The van der Waals surface area contributed by atoms with E-state index in [0.717, 1.165) is 0 Å². The minimum absolute atomic E-state index is 0.177. The van der Waals surface area contributed by atoms with E-state index in [1.54, 1.807) is 32.9 Å². The molecule has 0 radical (unpaired) electrons. The fourth-order valence-corrected chi connectivity index (χ4v) is 13.5. The zero-order valence-corrected chi connectivity index (χ0v) is 20.0. The van der Waals surface area contributed by atoms with Gasteiger partial charge in [-0.05, 0) is 74.9 Å². The Labute approximate surface area is 183 Å². The largest absolute Gasteiger partial charge is 0.0622 e. The van der Waals surface area contributed by atoms with Gasteiger partial charge in [0.05, 0.1) is 0 Å². The summed E-state index contributed by atoms with van der Waals surface area (Å²) < 4.78 is 0. The fourth-order valence-electron chi connectivity index (χ4n) is 6.07. The lowest BCUT2D eigenvalue weighted by Crippen LogP contribution is -2.19. The molecule has 2 aromatic rings. The molecule has 0 aliphatic carbocycles. The van der Waals surface area contributed by atoms with E-state index in [0.29, 0.717) is 0 Å². The van der Waals surface area contributed by atoms with Crippen LogP contribution in [0.1, 0.15) is 38.8 Å². The molecule has 4 heterocycles. The molecule has 0 N–H and O–H groups in total. The fraction of sp³-hybridized carbons (Fsp3) is 0.286. The molecule has 6 rings (SSSR count). The summed E-state index contributed by atoms with van der Waals surface area (Å²) in [6.45, 7) is 9.89. The molecule has 2 heteroatoms. The molecule has 4 bridgehead atoms. The molecule has 4 unspecified atom stereocenters. The first-order valence-electron chi connectivity index (χ1n) is 11.0. The summed E-state index contributed by atoms with van der Waals surface area (Å²) in [4.78, 5) is 0. The quantitative estimate of drug-likeness (QED) is 0.431. The second-order valence-corrected chi connectivity index (χ2v) is 13.6. The van der Waals surface area contributed by atoms with E-state index in [-0.39, 0.29) is 26.7 Å². The van der Waals surface area contributed by atoms with Gasteiger partial charge in [0.25, 0.3) is 0 Å². The van der Waals surface area contributed by atoms with Crippen LogP contribution >= 0.6 is 15.8 Å². The molecule has 0 saturated carbocycles. The number of hydrogen-bond acceptors (Lipinski definition) is 0. The van der Waals surface area contributed by atoms with Crippen molar-refractivity contribution in [2.45, 2.75) is 27.7 Å². The van der Waals surface area contributed by atoms with E-state index in [2.05, 4.69) is 100.0 Å². The highest BCUT2D eigenvalue weighted by Crippen LogP contribution is 2.81. The lowest BCUT2D eigenvalue weighted by atomic mass is 9.74. The molecule has 0 spiro atoms. The molecule has 0 fully saturated rings. The summed E-state index contributed by atoms with van der Waals surface area (Å²) in [7, 11) is -0.354. The van der Waals surface area contributed by atoms with Gasteiger partial charge in [0, 0.05) is 10.8 Å². The third-order valence-corrected chi connectivity index (χ3v) is 13.6. The molecule has 0 aromatic heterocycles. The molecule has 150 valence electrons. The van der Waals surface area contributed by atoms with Crippen LogP contribution in [0.3, 0.4) is 0 Å². The van der Waals surface area contributed by atoms with E-state index < -0.39 is 0 Å². The zero-order chi connectivity index (χ0) is 20.7. The van der Waals surface area contributed by atoms with Gasteiger partial charge in [-0.15, -0.1) is 0 Å². The Morgan fingerprint density at radius 3 is 1.30 bits per heavy atom. The standard InChI is InChI=1S/C28H28P2/c1-19-25(29-15-23(27(19,3)17-29)21-11-7-5-8-12-21)26-20(2)28(4)18-30(26)16-24(28)22-13-9-6-10-14-22/h5-16H,17-18H2,1-4H3. The van der Waals surface area contributed by atoms with Gasteiger partial charge in [0.2, 0.25) is 0 Å². The van der Waals surface area contributed by atoms with Crippen molar-refractivity contribution in [1.29, 1.82) is 0 Å². The van der Waals surface area contributed by atoms with Gasteiger partial charge in [-0.25, -0.2) is 0 Å². The van der Waals surface area contributed by atoms with Crippen LogP contribution in [-0.4, -0.2) is 12.3 Å². The summed E-state index contributed by atoms with van der Waals surface area (Å²) in [5, 5.41) is 3.53. The van der Waals surface area contributed by atoms with Gasteiger partial charge in [-0.3, -0.25) is 0 Å². The maximum atomic E-state index is 2.67. The summed E-state index contributed by atoms with van der Waals surface area (Å²) in [6, 6.07) is 22.2. The van der Waals surface area contributed by atoms with Crippen LogP contribution in [0, 0.1) is 10.8 Å². The number of allylic oxidation sites excluding steroid dienone is 6. The van der Waals surface area contributed by atoms with Crippen LogP contribution in [0.5, 0.6) is 0 Å². The second kappa shape index (κ2) is 6.38. The average Bonchev–Trinajstić information content (AvgIpc) is 3.43. The number of fused-ring (bicyclic) bond motifs is 4. The smallest absolute Gasteiger partial charge is 0.0192 e. The maximum absolute atomic E-state index is 2.67. The van der Waals surface area contributed by atoms with Gasteiger partial charge < -0.3 is 0 Å². The maximum Gasteiger partial charge on any atom is 0.0192 e. The number of hydrogen-bond donors (Lipinski definition) is 0. The summed E-state index contributed by atoms with van der Waals surface area (Å²) >= 11 is 0. The Kier molecular flexibility index (Phi) is 4.04. The van der Waals surface area contributed by atoms with Gasteiger partial charge in [0.15, 0.2) is 0 Å². The Morgan fingerprint density at radius 1 is 0.600 bits per heavy atom. The monoisotopic (exact) mass is 426 g/mol. The Balaban J connectivity index is 1.41. The van der Waals surface area contributed by atoms with Crippen LogP contribution in [0.2, 0.25) is 0 Å². The predicted octanol–water partition coefficient (Wildman–Crippen LogP) is 8.65. The highest BCUT2D eigenvalue weighted by Gasteiger charge is 2.54. The molecular formula is C28H28P2. The first-order chi connectivity index (χ1) is 14.4. The van der Waals surface area contributed by atoms with E-state index in [1.165, 1.54) is 23.5 Å². The van der Waals surface area contributed by atoms with Crippen molar-refractivity contribution in [1.82, 2.24) is 0 Å². The lowest BCUT2D eigenvalue weighted by Gasteiger charge is -2.32. The summed E-state index contributed by atoms with van der Waals surface area (Å²) in [6.07, 6.45) is 2.64. The van der Waals surface area contributed by atoms with Crippen molar-refractivity contribution in [3.8, 4) is 0 Å². The summed E-state index contributed by atoms with van der Waals surface area (Å²) in [5.74, 6) is 5.33. The molecule has 0 amide bonds. The minimum atomic E-state index is -0.177. The molecule has 4 aliphatic rings. The van der Waals surface area contributed by atoms with Crippen molar-refractivity contribution in [2.75, 3.05) is 12.3 Å². The molecule has 4 aliphatic heterocycles. The SMILES string of the molecule is CC1=C(C2=C(C)C3(C)CP2C=C3c2ccccc2)P2C=C(c3ccccc3)C1(C)C2. The molecular weight excluding hydrogens is 398 g/mol. The average molecular weight is 426 g/mol. The first-order valence-corrected chi connectivity index (χ1v) is 14.1. The van der Waals surface area contributed by atoms with Crippen LogP contribution in [0.15, 0.2) is 94.1 Å². The molecule has 0 nitrogen and oxygen atoms in total. The topological polar surface area (TPSA) is 0 Å². The van der Waals surface area contributed by atoms with Crippen molar-refractivity contribution in [3.63, 3.8) is 0 Å². The van der Waals surface area contributed by atoms with Gasteiger partial charge in [-0.1, -0.05) is 97.3 Å². The van der Waals surface area contributed by atoms with Crippen molar-refractivity contribution >= 4 is 27.0 Å². The van der Waals surface area contributed by atoms with Crippen LogP contribution in [0.25, 0.3) is 11.1 Å². The van der Waals surface area contributed by atoms with E-state index in [9.17, 15) is 0 Å². The van der Waals surface area contributed by atoms with E-state index >= 15 is 0 Å². The molecule has 0 saturated heterocycles. The second-order valence-electron chi connectivity index (χ2n) is 9.68. The van der Waals surface area contributed by atoms with Gasteiger partial charge in [-0.2, -0.15) is 0 Å².